The topological polar surface area (TPSA) is 12.5 Å². The van der Waals surface area contributed by atoms with Gasteiger partial charge in [-0.05, 0) is 26.8 Å². The molecule has 1 aliphatic rings. The van der Waals surface area contributed by atoms with E-state index in [4.69, 9.17) is 4.74 Å². The SMILES string of the molecule is C=C[Si](C)(CCCCCCN1CC(C)OC(C)C1)c1cccc(C(F)(F)F)c1. The van der Waals surface area contributed by atoms with Crippen LogP contribution in [0.4, 0.5) is 13.2 Å². The molecule has 0 aliphatic carbocycles. The van der Waals surface area contributed by atoms with Crippen molar-refractivity contribution in [2.24, 2.45) is 0 Å². The van der Waals surface area contributed by atoms with Crippen molar-refractivity contribution in [3.05, 3.63) is 42.1 Å². The minimum absolute atomic E-state index is 0.301. The molecule has 0 bridgehead atoms. The molecule has 0 spiro atoms. The number of morpholine rings is 1. The first-order valence-corrected chi connectivity index (χ1v) is 13.1. The predicted octanol–water partition coefficient (Wildman–Crippen LogP) is 5.39. The quantitative estimate of drug-likeness (QED) is 0.398. The second-order valence-electron chi connectivity index (χ2n) is 8.38. The Hall–Kier alpha value is -1.11. The second kappa shape index (κ2) is 10.1. The first-order valence-electron chi connectivity index (χ1n) is 10.3. The van der Waals surface area contributed by atoms with Gasteiger partial charge in [-0.3, -0.25) is 4.90 Å². The lowest BCUT2D eigenvalue weighted by Crippen LogP contribution is -2.45. The number of benzene rings is 1. The van der Waals surface area contributed by atoms with Crippen molar-refractivity contribution < 1.29 is 17.9 Å². The lowest BCUT2D eigenvalue weighted by Gasteiger charge is -2.35. The summed E-state index contributed by atoms with van der Waals surface area (Å²) in [5.74, 6) is 0. The summed E-state index contributed by atoms with van der Waals surface area (Å²) in [6.45, 7) is 13.4. The summed E-state index contributed by atoms with van der Waals surface area (Å²) in [6.07, 6.45) is 0.790. The van der Waals surface area contributed by atoms with Crippen LogP contribution in [-0.2, 0) is 10.9 Å². The Morgan fingerprint density at radius 2 is 1.79 bits per heavy atom. The molecule has 1 aliphatic heterocycles. The van der Waals surface area contributed by atoms with Crippen LogP contribution in [0.2, 0.25) is 12.6 Å². The largest absolute Gasteiger partial charge is 0.416 e. The van der Waals surface area contributed by atoms with Gasteiger partial charge in [0.15, 0.2) is 0 Å². The normalized spacial score (nSPS) is 23.4. The third-order valence-corrected chi connectivity index (χ3v) is 9.64. The zero-order chi connectivity index (χ0) is 20.8. The number of ether oxygens (including phenoxy) is 1. The molecule has 1 fully saturated rings. The van der Waals surface area contributed by atoms with E-state index in [1.807, 2.05) is 11.8 Å². The smallest absolute Gasteiger partial charge is 0.373 e. The predicted molar refractivity (Wildman–Crippen MR) is 113 cm³/mol. The lowest BCUT2D eigenvalue weighted by atomic mass is 10.1. The lowest BCUT2D eigenvalue weighted by molar-refractivity contribution is -0.137. The van der Waals surface area contributed by atoms with E-state index in [2.05, 4.69) is 31.9 Å². The van der Waals surface area contributed by atoms with Crippen molar-refractivity contribution in [2.45, 2.75) is 70.5 Å². The highest BCUT2D eigenvalue weighted by molar-refractivity contribution is 6.94. The summed E-state index contributed by atoms with van der Waals surface area (Å²) in [4.78, 5) is 2.48. The van der Waals surface area contributed by atoms with Gasteiger partial charge in [0, 0.05) is 13.1 Å². The average molecular weight is 414 g/mol. The van der Waals surface area contributed by atoms with Crippen LogP contribution in [-0.4, -0.2) is 44.8 Å². The molecule has 3 atom stereocenters. The Balaban J connectivity index is 1.78. The Morgan fingerprint density at radius 1 is 1.14 bits per heavy atom. The summed E-state index contributed by atoms with van der Waals surface area (Å²) in [5.41, 5.74) is 1.37. The van der Waals surface area contributed by atoms with Gasteiger partial charge in [0.2, 0.25) is 0 Å². The number of hydrogen-bond acceptors (Lipinski definition) is 2. The van der Waals surface area contributed by atoms with E-state index in [-0.39, 0.29) is 0 Å². The Labute approximate surface area is 168 Å². The molecule has 2 rings (SSSR count). The molecule has 3 unspecified atom stereocenters. The molecular weight excluding hydrogens is 379 g/mol. The molecule has 0 aromatic heterocycles. The van der Waals surface area contributed by atoms with Crippen LogP contribution in [0.1, 0.15) is 45.1 Å². The van der Waals surface area contributed by atoms with Gasteiger partial charge in [-0.15, -0.1) is 6.58 Å². The van der Waals surface area contributed by atoms with Crippen LogP contribution >= 0.6 is 0 Å². The summed E-state index contributed by atoms with van der Waals surface area (Å²) in [6, 6.07) is 6.79. The monoisotopic (exact) mass is 413 g/mol. The fourth-order valence-electron chi connectivity index (χ4n) is 4.06. The minimum Gasteiger partial charge on any atom is -0.373 e. The van der Waals surface area contributed by atoms with Gasteiger partial charge in [-0.2, -0.15) is 13.2 Å². The first-order chi connectivity index (χ1) is 13.1. The zero-order valence-electron chi connectivity index (χ0n) is 17.4. The molecule has 28 heavy (non-hydrogen) atoms. The number of rotatable bonds is 9. The van der Waals surface area contributed by atoms with Crippen molar-refractivity contribution in [1.29, 1.82) is 0 Å². The van der Waals surface area contributed by atoms with E-state index in [1.54, 1.807) is 0 Å². The van der Waals surface area contributed by atoms with E-state index >= 15 is 0 Å². The van der Waals surface area contributed by atoms with Crippen LogP contribution < -0.4 is 5.19 Å². The van der Waals surface area contributed by atoms with E-state index in [1.165, 1.54) is 12.1 Å². The third kappa shape index (κ3) is 6.74. The minimum atomic E-state index is -4.29. The van der Waals surface area contributed by atoms with Gasteiger partial charge in [0.1, 0.15) is 8.07 Å². The fourth-order valence-corrected chi connectivity index (χ4v) is 6.74. The van der Waals surface area contributed by atoms with E-state index in [0.29, 0.717) is 12.2 Å². The molecule has 0 radical (unpaired) electrons. The summed E-state index contributed by atoms with van der Waals surface area (Å²) in [7, 11) is -2.08. The molecule has 0 saturated carbocycles. The Bertz CT molecular complexity index is 626. The van der Waals surface area contributed by atoms with Crippen molar-refractivity contribution >= 4 is 13.3 Å². The van der Waals surface area contributed by atoms with Crippen LogP contribution in [0, 0.1) is 0 Å². The highest BCUT2D eigenvalue weighted by Gasteiger charge is 2.33. The van der Waals surface area contributed by atoms with Gasteiger partial charge in [0.25, 0.3) is 0 Å². The van der Waals surface area contributed by atoms with Gasteiger partial charge < -0.3 is 4.74 Å². The Morgan fingerprint density at radius 3 is 2.39 bits per heavy atom. The number of unbranched alkanes of at least 4 members (excludes halogenated alkanes) is 3. The average Bonchev–Trinajstić information content (AvgIpc) is 2.63. The van der Waals surface area contributed by atoms with Crippen LogP contribution in [0.25, 0.3) is 0 Å². The highest BCUT2D eigenvalue weighted by atomic mass is 28.3. The van der Waals surface area contributed by atoms with Crippen molar-refractivity contribution in [3.63, 3.8) is 0 Å². The summed E-state index contributed by atoms with van der Waals surface area (Å²) < 4.78 is 44.9. The maximum absolute atomic E-state index is 13.0. The molecule has 1 saturated heterocycles. The van der Waals surface area contributed by atoms with Crippen LogP contribution in [0.3, 0.4) is 0 Å². The molecule has 6 heteroatoms. The number of hydrogen-bond donors (Lipinski definition) is 0. The van der Waals surface area contributed by atoms with Gasteiger partial charge in [-0.1, -0.05) is 67.0 Å². The molecule has 1 aromatic rings. The van der Waals surface area contributed by atoms with E-state index in [0.717, 1.165) is 62.6 Å². The number of halogens is 3. The summed E-state index contributed by atoms with van der Waals surface area (Å²) >= 11 is 0. The molecular formula is C22H34F3NOSi. The van der Waals surface area contributed by atoms with Crippen molar-refractivity contribution in [2.75, 3.05) is 19.6 Å². The molecule has 0 N–H and O–H groups in total. The molecule has 1 heterocycles. The van der Waals surface area contributed by atoms with Crippen molar-refractivity contribution in [3.8, 4) is 0 Å². The van der Waals surface area contributed by atoms with Crippen LogP contribution in [0.15, 0.2) is 36.5 Å². The van der Waals surface area contributed by atoms with Gasteiger partial charge in [0.05, 0.1) is 17.8 Å². The Kier molecular flexibility index (Phi) is 8.34. The molecule has 0 amide bonds. The number of alkyl halides is 3. The maximum Gasteiger partial charge on any atom is 0.416 e. The number of nitrogens with zero attached hydrogens (tertiary/aromatic N) is 1. The maximum atomic E-state index is 13.0. The first kappa shape index (κ1) is 23.2. The van der Waals surface area contributed by atoms with Gasteiger partial charge >= 0.3 is 6.18 Å². The molecule has 1 aromatic carbocycles. The highest BCUT2D eigenvalue weighted by Crippen LogP contribution is 2.29. The van der Waals surface area contributed by atoms with E-state index in [9.17, 15) is 13.2 Å². The van der Waals surface area contributed by atoms with Gasteiger partial charge in [-0.25, -0.2) is 0 Å². The second-order valence-corrected chi connectivity index (χ2v) is 12.7. The standard InChI is InChI=1S/C22H34F3NOSi/c1-5-28(4,21-12-10-11-20(15-21)22(23,24)25)14-9-7-6-8-13-26-16-18(2)27-19(3)17-26/h5,10-12,15,18-19H,1,6-9,13-14,16-17H2,2-4H3. The summed E-state index contributed by atoms with van der Waals surface area (Å²) in [5, 5.41) is 0.827. The third-order valence-electron chi connectivity index (χ3n) is 5.72. The van der Waals surface area contributed by atoms with Crippen LogP contribution in [0.5, 0.6) is 0 Å². The van der Waals surface area contributed by atoms with E-state index < -0.39 is 19.8 Å². The molecule has 2 nitrogen and oxygen atoms in total. The zero-order valence-corrected chi connectivity index (χ0v) is 18.4. The fraction of sp³-hybridized carbons (Fsp3) is 0.636. The van der Waals surface area contributed by atoms with Crippen molar-refractivity contribution in [1.82, 2.24) is 4.90 Å². The molecule has 158 valence electrons.